The number of amides is 2. The molecule has 1 aliphatic carbocycles. The first-order chi connectivity index (χ1) is 13.0. The number of ether oxygens (including phenoxy) is 2. The molecule has 0 aliphatic heterocycles. The van der Waals surface area contributed by atoms with Crippen LogP contribution in [0.3, 0.4) is 0 Å². The number of aryl methyl sites for hydroxylation is 1. The van der Waals surface area contributed by atoms with E-state index >= 15 is 0 Å². The van der Waals surface area contributed by atoms with Crippen molar-refractivity contribution in [1.29, 1.82) is 0 Å². The number of methoxy groups -OCH3 is 2. The topological polar surface area (TPSA) is 76.7 Å². The second-order valence-corrected chi connectivity index (χ2v) is 6.72. The van der Waals surface area contributed by atoms with E-state index in [-0.39, 0.29) is 11.8 Å². The summed E-state index contributed by atoms with van der Waals surface area (Å²) in [6.07, 6.45) is 1.09. The fraction of sp³-hybridized carbons (Fsp3) is 0.333. The second kappa shape index (κ2) is 7.70. The first-order valence-electron chi connectivity index (χ1n) is 8.86. The highest BCUT2D eigenvalue weighted by molar-refractivity contribution is 6.13. The van der Waals surface area contributed by atoms with Crippen molar-refractivity contribution in [2.75, 3.05) is 19.5 Å². The van der Waals surface area contributed by atoms with Gasteiger partial charge in [-0.3, -0.25) is 9.59 Å². The number of benzene rings is 2. The van der Waals surface area contributed by atoms with E-state index in [1.807, 2.05) is 31.2 Å². The Morgan fingerprint density at radius 2 is 1.70 bits per heavy atom. The predicted octanol–water partition coefficient (Wildman–Crippen LogP) is 3.05. The van der Waals surface area contributed by atoms with Crippen molar-refractivity contribution in [2.24, 2.45) is 5.41 Å². The van der Waals surface area contributed by atoms with Crippen molar-refractivity contribution in [1.82, 2.24) is 5.32 Å². The lowest BCUT2D eigenvalue weighted by atomic mass is 10.0. The number of rotatable bonds is 7. The van der Waals surface area contributed by atoms with Gasteiger partial charge in [-0.15, -0.1) is 0 Å². The minimum absolute atomic E-state index is 0.233. The Balaban J connectivity index is 1.65. The predicted molar refractivity (Wildman–Crippen MR) is 103 cm³/mol. The lowest BCUT2D eigenvalue weighted by molar-refractivity contribution is -0.134. The molecule has 2 amide bonds. The normalized spacial score (nSPS) is 14.2. The molecule has 0 atom stereocenters. The van der Waals surface area contributed by atoms with Crippen LogP contribution in [0, 0.1) is 12.3 Å². The van der Waals surface area contributed by atoms with E-state index in [4.69, 9.17) is 9.47 Å². The summed E-state index contributed by atoms with van der Waals surface area (Å²) in [7, 11) is 3.08. The molecule has 2 N–H and O–H groups in total. The third kappa shape index (κ3) is 3.89. The van der Waals surface area contributed by atoms with E-state index in [0.717, 1.165) is 11.1 Å². The molecule has 1 fully saturated rings. The van der Waals surface area contributed by atoms with Crippen LogP contribution in [0.2, 0.25) is 0 Å². The standard InChI is InChI=1S/C21H24N2O4/c1-14-6-4-5-7-15(14)13-22-19(24)21(10-11-21)20(25)23-16-8-9-17(26-2)18(12-16)27-3/h4-9,12H,10-11,13H2,1-3H3,(H,22,24)(H,23,25). The van der Waals surface area contributed by atoms with Crippen LogP contribution in [0.1, 0.15) is 24.0 Å². The lowest BCUT2D eigenvalue weighted by Crippen LogP contribution is -2.39. The number of hydrogen-bond donors (Lipinski definition) is 2. The number of nitrogens with one attached hydrogen (secondary N) is 2. The van der Waals surface area contributed by atoms with Crippen molar-refractivity contribution in [3.8, 4) is 11.5 Å². The lowest BCUT2D eigenvalue weighted by Gasteiger charge is -2.17. The molecule has 0 aromatic heterocycles. The van der Waals surface area contributed by atoms with E-state index in [9.17, 15) is 9.59 Å². The second-order valence-electron chi connectivity index (χ2n) is 6.72. The third-order valence-electron chi connectivity index (χ3n) is 4.96. The van der Waals surface area contributed by atoms with E-state index in [1.165, 1.54) is 7.11 Å². The summed E-state index contributed by atoms with van der Waals surface area (Å²) in [5.74, 6) is 0.567. The van der Waals surface area contributed by atoms with Gasteiger partial charge >= 0.3 is 0 Å². The molecule has 142 valence electrons. The number of carbonyl (C=O) groups excluding carboxylic acids is 2. The molecule has 6 heteroatoms. The van der Waals surface area contributed by atoms with Gasteiger partial charge in [-0.1, -0.05) is 24.3 Å². The van der Waals surface area contributed by atoms with Crippen molar-refractivity contribution in [2.45, 2.75) is 26.3 Å². The van der Waals surface area contributed by atoms with E-state index in [0.29, 0.717) is 36.6 Å². The summed E-state index contributed by atoms with van der Waals surface area (Å²) >= 11 is 0. The number of hydrogen-bond acceptors (Lipinski definition) is 4. The largest absolute Gasteiger partial charge is 0.493 e. The van der Waals surface area contributed by atoms with Crippen LogP contribution in [-0.2, 0) is 16.1 Å². The summed E-state index contributed by atoms with van der Waals surface area (Å²) in [6.45, 7) is 2.41. The van der Waals surface area contributed by atoms with Gasteiger partial charge in [0.2, 0.25) is 11.8 Å². The Labute approximate surface area is 158 Å². The molecule has 0 saturated heterocycles. The maximum absolute atomic E-state index is 12.7. The average molecular weight is 368 g/mol. The van der Waals surface area contributed by atoms with E-state index in [2.05, 4.69) is 10.6 Å². The van der Waals surface area contributed by atoms with Crippen LogP contribution >= 0.6 is 0 Å². The molecule has 1 saturated carbocycles. The molecule has 6 nitrogen and oxygen atoms in total. The first kappa shape index (κ1) is 18.8. The molecule has 27 heavy (non-hydrogen) atoms. The summed E-state index contributed by atoms with van der Waals surface area (Å²) in [6, 6.07) is 13.0. The van der Waals surface area contributed by atoms with Crippen LogP contribution in [-0.4, -0.2) is 26.0 Å². The van der Waals surface area contributed by atoms with Crippen LogP contribution in [0.25, 0.3) is 0 Å². The highest BCUT2D eigenvalue weighted by Crippen LogP contribution is 2.47. The molecule has 0 unspecified atom stereocenters. The van der Waals surface area contributed by atoms with Crippen molar-refractivity contribution >= 4 is 17.5 Å². The highest BCUT2D eigenvalue weighted by Gasteiger charge is 2.56. The Kier molecular flexibility index (Phi) is 5.35. The van der Waals surface area contributed by atoms with Crippen LogP contribution in [0.15, 0.2) is 42.5 Å². The molecule has 2 aromatic carbocycles. The SMILES string of the molecule is COc1ccc(NC(=O)C2(C(=O)NCc3ccccc3C)CC2)cc1OC. The quantitative estimate of drug-likeness (QED) is 0.737. The molecule has 2 aromatic rings. The summed E-state index contributed by atoms with van der Waals surface area (Å²) in [5, 5.41) is 5.73. The van der Waals surface area contributed by atoms with Gasteiger partial charge in [0.05, 0.1) is 14.2 Å². The van der Waals surface area contributed by atoms with Gasteiger partial charge in [0.25, 0.3) is 0 Å². The van der Waals surface area contributed by atoms with Gasteiger partial charge in [0.1, 0.15) is 5.41 Å². The highest BCUT2D eigenvalue weighted by atomic mass is 16.5. The van der Waals surface area contributed by atoms with Gasteiger partial charge < -0.3 is 20.1 Å². The number of anilines is 1. The van der Waals surface area contributed by atoms with Crippen molar-refractivity contribution < 1.29 is 19.1 Å². The van der Waals surface area contributed by atoms with E-state index in [1.54, 1.807) is 25.3 Å². The maximum atomic E-state index is 12.7. The fourth-order valence-electron chi connectivity index (χ4n) is 3.00. The Morgan fingerprint density at radius 3 is 2.33 bits per heavy atom. The summed E-state index contributed by atoms with van der Waals surface area (Å²) in [4.78, 5) is 25.4. The molecule has 0 radical (unpaired) electrons. The molecule has 3 rings (SSSR count). The maximum Gasteiger partial charge on any atom is 0.240 e. The smallest absolute Gasteiger partial charge is 0.240 e. The zero-order valence-corrected chi connectivity index (χ0v) is 15.8. The van der Waals surface area contributed by atoms with Gasteiger partial charge in [-0.2, -0.15) is 0 Å². The summed E-state index contributed by atoms with van der Waals surface area (Å²) in [5.41, 5.74) is 1.73. The fourth-order valence-corrected chi connectivity index (χ4v) is 3.00. The van der Waals surface area contributed by atoms with Crippen molar-refractivity contribution in [3.05, 3.63) is 53.6 Å². The third-order valence-corrected chi connectivity index (χ3v) is 4.96. The molecular weight excluding hydrogens is 344 g/mol. The minimum atomic E-state index is -0.990. The van der Waals surface area contributed by atoms with Gasteiger partial charge in [-0.25, -0.2) is 0 Å². The molecule has 0 spiro atoms. The zero-order chi connectivity index (χ0) is 19.4. The monoisotopic (exact) mass is 368 g/mol. The number of carbonyl (C=O) groups is 2. The van der Waals surface area contributed by atoms with Crippen LogP contribution in [0.4, 0.5) is 5.69 Å². The average Bonchev–Trinajstić information content (AvgIpc) is 3.49. The minimum Gasteiger partial charge on any atom is -0.493 e. The molecular formula is C21H24N2O4. The molecule has 0 heterocycles. The zero-order valence-electron chi connectivity index (χ0n) is 15.8. The Morgan fingerprint density at radius 1 is 1.00 bits per heavy atom. The molecule has 0 bridgehead atoms. The Hall–Kier alpha value is -3.02. The Bertz CT molecular complexity index is 859. The van der Waals surface area contributed by atoms with Gasteiger partial charge in [0, 0.05) is 18.3 Å². The van der Waals surface area contributed by atoms with Crippen LogP contribution in [0.5, 0.6) is 11.5 Å². The van der Waals surface area contributed by atoms with Crippen molar-refractivity contribution in [3.63, 3.8) is 0 Å². The van der Waals surface area contributed by atoms with Gasteiger partial charge in [-0.05, 0) is 43.0 Å². The first-order valence-corrected chi connectivity index (χ1v) is 8.86. The molecule has 1 aliphatic rings. The van der Waals surface area contributed by atoms with Gasteiger partial charge in [0.15, 0.2) is 11.5 Å². The van der Waals surface area contributed by atoms with E-state index < -0.39 is 5.41 Å². The summed E-state index contributed by atoms with van der Waals surface area (Å²) < 4.78 is 10.4. The van der Waals surface area contributed by atoms with Crippen LogP contribution < -0.4 is 20.1 Å².